The van der Waals surface area contributed by atoms with Crippen LogP contribution in [0.15, 0.2) is 0 Å². The molecule has 0 saturated carbocycles. The number of hydrogen-bond acceptors (Lipinski definition) is 3. The van der Waals surface area contributed by atoms with Gasteiger partial charge < -0.3 is 0 Å². The molecule has 0 bridgehead atoms. The lowest BCUT2D eigenvalue weighted by Gasteiger charge is -1.98. The van der Waals surface area contributed by atoms with Crippen LogP contribution in [-0.4, -0.2) is 15.8 Å². The SMILES string of the molecule is CSSN(C)I. The van der Waals surface area contributed by atoms with E-state index in [0.29, 0.717) is 0 Å². The van der Waals surface area contributed by atoms with Gasteiger partial charge in [0, 0.05) is 40.9 Å². The molecule has 0 heterocycles. The molecule has 0 amide bonds. The maximum atomic E-state index is 2.22. The monoisotopic (exact) mass is 235 g/mol. The second kappa shape index (κ2) is 4.55. The molecule has 0 saturated heterocycles. The average Bonchev–Trinajstić information content (AvgIpc) is 1.35. The van der Waals surface area contributed by atoms with Crippen molar-refractivity contribution in [2.75, 3.05) is 13.3 Å². The topological polar surface area (TPSA) is 3.24 Å². The quantitative estimate of drug-likeness (QED) is 0.312. The van der Waals surface area contributed by atoms with Gasteiger partial charge in [-0.15, -0.1) is 0 Å². The van der Waals surface area contributed by atoms with Gasteiger partial charge in [0.15, 0.2) is 0 Å². The Hall–Kier alpha value is 1.39. The molecule has 0 aliphatic carbocycles. The summed E-state index contributed by atoms with van der Waals surface area (Å²) in [6, 6.07) is 0. The highest BCUT2D eigenvalue weighted by Crippen LogP contribution is 2.23. The molecule has 0 aromatic heterocycles. The van der Waals surface area contributed by atoms with Crippen molar-refractivity contribution in [3.8, 4) is 0 Å². The average molecular weight is 235 g/mol. The van der Waals surface area contributed by atoms with Crippen LogP contribution in [0.2, 0.25) is 0 Å². The van der Waals surface area contributed by atoms with E-state index >= 15 is 0 Å². The van der Waals surface area contributed by atoms with Crippen molar-refractivity contribution in [2.45, 2.75) is 0 Å². The maximum Gasteiger partial charge on any atom is 0.0323 e. The van der Waals surface area contributed by atoms with E-state index in [4.69, 9.17) is 0 Å². The van der Waals surface area contributed by atoms with Gasteiger partial charge in [0.1, 0.15) is 0 Å². The molecular formula is C2H6INS2. The summed E-state index contributed by atoms with van der Waals surface area (Å²) in [7, 11) is 5.48. The van der Waals surface area contributed by atoms with Gasteiger partial charge >= 0.3 is 0 Å². The van der Waals surface area contributed by atoms with Crippen molar-refractivity contribution in [3.63, 3.8) is 0 Å². The molecule has 0 spiro atoms. The standard InChI is InChI=1S/C2H6INS2/c1-4(3)6-5-2/h1-2H3. The van der Waals surface area contributed by atoms with E-state index in [0.717, 1.165) is 0 Å². The Morgan fingerprint density at radius 3 is 2.17 bits per heavy atom. The van der Waals surface area contributed by atoms with Crippen molar-refractivity contribution in [3.05, 3.63) is 0 Å². The van der Waals surface area contributed by atoms with Gasteiger partial charge in [-0.3, -0.25) is 0 Å². The lowest BCUT2D eigenvalue weighted by molar-refractivity contribution is 1.03. The van der Waals surface area contributed by atoms with Gasteiger partial charge in [0.05, 0.1) is 0 Å². The van der Waals surface area contributed by atoms with Crippen LogP contribution in [0.4, 0.5) is 0 Å². The Balaban J connectivity index is 2.63. The van der Waals surface area contributed by atoms with Crippen LogP contribution in [0.25, 0.3) is 0 Å². The lowest BCUT2D eigenvalue weighted by atomic mass is 11.6. The van der Waals surface area contributed by atoms with Crippen LogP contribution in [0.3, 0.4) is 0 Å². The van der Waals surface area contributed by atoms with Crippen molar-refractivity contribution < 1.29 is 0 Å². The minimum atomic E-state index is 1.72. The summed E-state index contributed by atoms with van der Waals surface area (Å²) in [5.74, 6) is 0. The number of rotatable bonds is 2. The fourth-order valence-corrected chi connectivity index (χ4v) is 2.37. The van der Waals surface area contributed by atoms with Crippen LogP contribution < -0.4 is 0 Å². The maximum absolute atomic E-state index is 2.22. The van der Waals surface area contributed by atoms with Gasteiger partial charge in [-0.05, 0) is 6.26 Å². The minimum Gasteiger partial charge on any atom is -0.185 e. The smallest absolute Gasteiger partial charge is 0.0323 e. The molecule has 0 aromatic carbocycles. The van der Waals surface area contributed by atoms with E-state index in [1.165, 1.54) is 0 Å². The van der Waals surface area contributed by atoms with Crippen molar-refractivity contribution in [1.29, 1.82) is 0 Å². The predicted molar refractivity (Wildman–Crippen MR) is 42.9 cm³/mol. The number of halogens is 1. The first-order chi connectivity index (χ1) is 2.77. The Kier molecular flexibility index (Phi) is 5.60. The van der Waals surface area contributed by atoms with E-state index in [-0.39, 0.29) is 0 Å². The molecule has 0 atom stereocenters. The molecule has 0 aliphatic rings. The first-order valence-electron chi connectivity index (χ1n) is 1.37. The normalized spacial score (nSPS) is 10.0. The van der Waals surface area contributed by atoms with E-state index in [1.807, 2.05) is 9.57 Å². The van der Waals surface area contributed by atoms with E-state index < -0.39 is 0 Å². The van der Waals surface area contributed by atoms with E-state index in [2.05, 4.69) is 29.1 Å². The first kappa shape index (κ1) is 7.39. The van der Waals surface area contributed by atoms with Gasteiger partial charge in [0.2, 0.25) is 0 Å². The zero-order valence-electron chi connectivity index (χ0n) is 3.64. The molecule has 0 fully saturated rings. The largest absolute Gasteiger partial charge is 0.185 e. The molecule has 1 nitrogen and oxygen atoms in total. The van der Waals surface area contributed by atoms with Gasteiger partial charge in [-0.1, -0.05) is 10.8 Å². The number of nitrogens with zero attached hydrogens (tertiary/aromatic N) is 1. The summed E-state index contributed by atoms with van der Waals surface area (Å²) in [4.78, 5) is 0. The molecule has 6 heavy (non-hydrogen) atoms. The molecule has 38 valence electrons. The zero-order chi connectivity index (χ0) is 4.99. The van der Waals surface area contributed by atoms with Crippen molar-refractivity contribution >= 4 is 44.6 Å². The first-order valence-corrected chi connectivity index (χ1v) is 4.85. The molecule has 4 heteroatoms. The minimum absolute atomic E-state index is 1.72. The van der Waals surface area contributed by atoms with Gasteiger partial charge in [-0.2, -0.15) is 2.52 Å². The molecule has 0 unspecified atom stereocenters. The fraction of sp³-hybridized carbons (Fsp3) is 1.00. The Labute approximate surface area is 60.3 Å². The summed E-state index contributed by atoms with van der Waals surface area (Å²) in [5.41, 5.74) is 0. The molecule has 0 rings (SSSR count). The highest BCUT2D eigenvalue weighted by Gasteiger charge is 1.83. The van der Waals surface area contributed by atoms with E-state index in [1.54, 1.807) is 21.8 Å². The van der Waals surface area contributed by atoms with Crippen LogP contribution in [-0.2, 0) is 0 Å². The Morgan fingerprint density at radius 2 is 2.17 bits per heavy atom. The van der Waals surface area contributed by atoms with Gasteiger partial charge in [0.25, 0.3) is 0 Å². The number of hydrogen-bond donors (Lipinski definition) is 0. The third-order valence-corrected chi connectivity index (χ3v) is 3.04. The second-order valence-corrected chi connectivity index (χ2v) is 5.24. The summed E-state index contributed by atoms with van der Waals surface area (Å²) in [6.45, 7) is 0. The van der Waals surface area contributed by atoms with Crippen LogP contribution in [0.1, 0.15) is 0 Å². The third kappa shape index (κ3) is 5.39. The van der Waals surface area contributed by atoms with Crippen LogP contribution >= 0.6 is 44.6 Å². The highest BCUT2D eigenvalue weighted by molar-refractivity contribution is 14.1. The Morgan fingerprint density at radius 1 is 1.67 bits per heavy atom. The summed E-state index contributed by atoms with van der Waals surface area (Å²) in [6.07, 6.45) is 2.06. The summed E-state index contributed by atoms with van der Waals surface area (Å²) in [5, 5.41) is 0. The molecular weight excluding hydrogens is 229 g/mol. The Bertz CT molecular complexity index is 32.7. The molecule has 0 aromatic rings. The van der Waals surface area contributed by atoms with Crippen LogP contribution in [0.5, 0.6) is 0 Å². The summed E-state index contributed by atoms with van der Waals surface area (Å²) < 4.78 is 2.03. The van der Waals surface area contributed by atoms with Crippen LogP contribution in [0, 0.1) is 0 Å². The van der Waals surface area contributed by atoms with Crippen molar-refractivity contribution in [1.82, 2.24) is 2.52 Å². The molecule has 0 N–H and O–H groups in total. The zero-order valence-corrected chi connectivity index (χ0v) is 7.43. The highest BCUT2D eigenvalue weighted by atomic mass is 127. The summed E-state index contributed by atoms with van der Waals surface area (Å²) >= 11 is 2.22. The molecule has 0 radical (unpaired) electrons. The van der Waals surface area contributed by atoms with Gasteiger partial charge in [-0.25, -0.2) is 0 Å². The van der Waals surface area contributed by atoms with Crippen molar-refractivity contribution in [2.24, 2.45) is 0 Å². The second-order valence-electron chi connectivity index (χ2n) is 0.662. The predicted octanol–water partition coefficient (Wildman–Crippen LogP) is 2.19. The van der Waals surface area contributed by atoms with E-state index in [9.17, 15) is 0 Å². The third-order valence-electron chi connectivity index (χ3n) is 0.177. The molecule has 0 aliphatic heterocycles. The lowest BCUT2D eigenvalue weighted by Crippen LogP contribution is -1.82. The fourth-order valence-electron chi connectivity index (χ4n) is 0.103.